The van der Waals surface area contributed by atoms with Crippen molar-refractivity contribution in [3.05, 3.63) is 60.2 Å². The van der Waals surface area contributed by atoms with E-state index >= 15 is 0 Å². The summed E-state index contributed by atoms with van der Waals surface area (Å²) < 4.78 is 13.2. The normalized spacial score (nSPS) is 14.2. The topological polar surface area (TPSA) is 17.1 Å². The van der Waals surface area contributed by atoms with Crippen LogP contribution in [0, 0.1) is 6.92 Å². The van der Waals surface area contributed by atoms with Crippen molar-refractivity contribution in [3.63, 3.8) is 0 Å². The highest BCUT2D eigenvalue weighted by atomic mass is 31.2. The average Bonchev–Trinajstić information content (AvgIpc) is 2.39. The van der Waals surface area contributed by atoms with Crippen molar-refractivity contribution in [1.29, 1.82) is 0 Å². The molecule has 0 aliphatic carbocycles. The first-order valence-electron chi connectivity index (χ1n) is 5.89. The molecule has 0 aromatic heterocycles. The molecule has 0 amide bonds. The minimum absolute atomic E-state index is 0.669. The lowest BCUT2D eigenvalue weighted by molar-refractivity contribution is 0.587. The summed E-state index contributed by atoms with van der Waals surface area (Å²) in [5.41, 5.74) is 1.11. The predicted molar refractivity (Wildman–Crippen MR) is 75.0 cm³/mol. The lowest BCUT2D eigenvalue weighted by Gasteiger charge is -2.19. The second-order valence-corrected chi connectivity index (χ2v) is 7.29. The third-order valence-electron chi connectivity index (χ3n) is 3.12. The van der Waals surface area contributed by atoms with Crippen LogP contribution >= 0.6 is 7.14 Å². The molecule has 0 saturated carbocycles. The Balaban J connectivity index is 2.61. The number of rotatable bonds is 3. The summed E-state index contributed by atoms with van der Waals surface area (Å²) in [6.07, 6.45) is 0.669. The Morgan fingerprint density at radius 1 is 0.941 bits per heavy atom. The summed E-state index contributed by atoms with van der Waals surface area (Å²) in [4.78, 5) is 0. The van der Waals surface area contributed by atoms with Crippen molar-refractivity contribution in [2.24, 2.45) is 0 Å². The van der Waals surface area contributed by atoms with Gasteiger partial charge in [-0.25, -0.2) is 0 Å². The first-order chi connectivity index (χ1) is 8.18. The van der Waals surface area contributed by atoms with E-state index in [1.165, 1.54) is 0 Å². The van der Waals surface area contributed by atoms with E-state index in [1.54, 1.807) is 0 Å². The average molecular weight is 244 g/mol. The van der Waals surface area contributed by atoms with Gasteiger partial charge in [0.1, 0.15) is 7.14 Å². The minimum Gasteiger partial charge on any atom is -0.314 e. The molecule has 17 heavy (non-hydrogen) atoms. The standard InChI is InChI=1S/C15H17OP/c1-3-17(16,14-10-5-4-6-11-14)15-12-8-7-9-13(15)2/h4-12H,3H2,1-2H3. The maximum atomic E-state index is 13.2. The van der Waals surface area contributed by atoms with Gasteiger partial charge in [-0.05, 0) is 12.5 Å². The summed E-state index contributed by atoms with van der Waals surface area (Å²) in [7, 11) is -2.44. The molecule has 0 aliphatic rings. The molecule has 88 valence electrons. The molecule has 0 spiro atoms. The maximum Gasteiger partial charge on any atom is 0.143 e. The molecular formula is C15H17OP. The number of benzene rings is 2. The van der Waals surface area contributed by atoms with Gasteiger partial charge in [-0.2, -0.15) is 0 Å². The van der Waals surface area contributed by atoms with E-state index in [9.17, 15) is 4.57 Å². The largest absolute Gasteiger partial charge is 0.314 e. The molecule has 0 aliphatic heterocycles. The molecule has 2 heteroatoms. The molecule has 0 radical (unpaired) electrons. The SMILES string of the molecule is CCP(=O)(c1ccccc1)c1ccccc1C. The fourth-order valence-corrected chi connectivity index (χ4v) is 4.74. The molecule has 0 N–H and O–H groups in total. The molecule has 0 fully saturated rings. The molecule has 1 unspecified atom stereocenters. The summed E-state index contributed by atoms with van der Waals surface area (Å²) in [6.45, 7) is 4.03. The molecule has 0 bridgehead atoms. The first-order valence-corrected chi connectivity index (χ1v) is 7.78. The lowest BCUT2D eigenvalue weighted by atomic mass is 10.2. The van der Waals surface area contributed by atoms with E-state index in [0.29, 0.717) is 6.16 Å². The maximum absolute atomic E-state index is 13.2. The second kappa shape index (κ2) is 4.89. The van der Waals surface area contributed by atoms with Crippen LogP contribution in [0.1, 0.15) is 12.5 Å². The lowest BCUT2D eigenvalue weighted by Crippen LogP contribution is -2.19. The van der Waals surface area contributed by atoms with Crippen LogP contribution in [-0.4, -0.2) is 6.16 Å². The Labute approximate surface area is 103 Å². The third kappa shape index (κ3) is 2.21. The fraction of sp³-hybridized carbons (Fsp3) is 0.200. The van der Waals surface area contributed by atoms with Gasteiger partial charge in [0.2, 0.25) is 0 Å². The van der Waals surface area contributed by atoms with Crippen molar-refractivity contribution in [2.45, 2.75) is 13.8 Å². The van der Waals surface area contributed by atoms with E-state index in [2.05, 4.69) is 0 Å². The van der Waals surface area contributed by atoms with Gasteiger partial charge < -0.3 is 4.57 Å². The van der Waals surface area contributed by atoms with Gasteiger partial charge in [-0.15, -0.1) is 0 Å². The van der Waals surface area contributed by atoms with E-state index in [4.69, 9.17) is 0 Å². The third-order valence-corrected chi connectivity index (χ3v) is 6.43. The van der Waals surface area contributed by atoms with E-state index < -0.39 is 7.14 Å². The molecule has 2 rings (SSSR count). The molecule has 0 heterocycles. The van der Waals surface area contributed by atoms with Gasteiger partial charge in [0.25, 0.3) is 0 Å². The Kier molecular flexibility index (Phi) is 3.49. The molecular weight excluding hydrogens is 227 g/mol. The molecule has 1 atom stereocenters. The molecule has 2 aromatic rings. The Morgan fingerprint density at radius 3 is 2.12 bits per heavy atom. The Morgan fingerprint density at radius 2 is 1.53 bits per heavy atom. The fourth-order valence-electron chi connectivity index (χ4n) is 2.13. The van der Waals surface area contributed by atoms with Crippen LogP contribution < -0.4 is 10.6 Å². The van der Waals surface area contributed by atoms with Gasteiger partial charge in [-0.3, -0.25) is 0 Å². The van der Waals surface area contributed by atoms with Crippen molar-refractivity contribution in [2.75, 3.05) is 6.16 Å². The first kappa shape index (κ1) is 12.1. The quantitative estimate of drug-likeness (QED) is 0.757. The van der Waals surface area contributed by atoms with Gasteiger partial charge in [0.05, 0.1) is 0 Å². The molecule has 1 nitrogen and oxygen atoms in total. The van der Waals surface area contributed by atoms with Crippen LogP contribution in [0.15, 0.2) is 54.6 Å². The monoisotopic (exact) mass is 244 g/mol. The highest BCUT2D eigenvalue weighted by molar-refractivity contribution is 7.78. The van der Waals surface area contributed by atoms with Gasteiger partial charge >= 0.3 is 0 Å². The molecule has 2 aromatic carbocycles. The van der Waals surface area contributed by atoms with Crippen LogP contribution in [0.25, 0.3) is 0 Å². The van der Waals surface area contributed by atoms with Gasteiger partial charge in [0, 0.05) is 16.8 Å². The van der Waals surface area contributed by atoms with E-state index in [1.807, 2.05) is 68.4 Å². The number of hydrogen-bond donors (Lipinski definition) is 0. The van der Waals surface area contributed by atoms with Crippen molar-refractivity contribution < 1.29 is 4.57 Å². The summed E-state index contributed by atoms with van der Waals surface area (Å²) in [6, 6.07) is 17.8. The second-order valence-electron chi connectivity index (χ2n) is 4.18. The zero-order chi connectivity index (χ0) is 12.3. The minimum atomic E-state index is -2.44. The summed E-state index contributed by atoms with van der Waals surface area (Å²) in [5.74, 6) is 0. The summed E-state index contributed by atoms with van der Waals surface area (Å²) >= 11 is 0. The van der Waals surface area contributed by atoms with Gasteiger partial charge in [0.15, 0.2) is 0 Å². The highest BCUT2D eigenvalue weighted by Crippen LogP contribution is 2.43. The smallest absolute Gasteiger partial charge is 0.143 e. The van der Waals surface area contributed by atoms with Gasteiger partial charge in [-0.1, -0.05) is 61.5 Å². The Bertz CT molecular complexity index is 546. The highest BCUT2D eigenvalue weighted by Gasteiger charge is 2.25. The van der Waals surface area contributed by atoms with Crippen molar-refractivity contribution >= 4 is 17.8 Å². The van der Waals surface area contributed by atoms with E-state index in [0.717, 1.165) is 16.2 Å². The van der Waals surface area contributed by atoms with E-state index in [-0.39, 0.29) is 0 Å². The van der Waals surface area contributed by atoms with Crippen LogP contribution in [0.4, 0.5) is 0 Å². The van der Waals surface area contributed by atoms with Crippen LogP contribution in [0.3, 0.4) is 0 Å². The van der Waals surface area contributed by atoms with Crippen molar-refractivity contribution in [1.82, 2.24) is 0 Å². The molecule has 0 saturated heterocycles. The van der Waals surface area contributed by atoms with Crippen molar-refractivity contribution in [3.8, 4) is 0 Å². The van der Waals surface area contributed by atoms with Crippen LogP contribution in [-0.2, 0) is 4.57 Å². The Hall–Kier alpha value is -1.33. The number of hydrogen-bond acceptors (Lipinski definition) is 1. The summed E-state index contributed by atoms with van der Waals surface area (Å²) in [5, 5.41) is 1.95. The van der Waals surface area contributed by atoms with Crippen LogP contribution in [0.2, 0.25) is 0 Å². The predicted octanol–water partition coefficient (Wildman–Crippen LogP) is 3.33. The van der Waals surface area contributed by atoms with Crippen LogP contribution in [0.5, 0.6) is 0 Å². The zero-order valence-corrected chi connectivity index (χ0v) is 11.2. The zero-order valence-electron chi connectivity index (χ0n) is 10.3. The number of aryl methyl sites for hydroxylation is 1.